The molecule has 184 valence electrons. The van der Waals surface area contributed by atoms with Gasteiger partial charge < -0.3 is 9.80 Å². The third kappa shape index (κ3) is 5.55. The number of carbonyl (C=O) groups is 1. The van der Waals surface area contributed by atoms with E-state index in [1.54, 1.807) is 0 Å². The molecule has 3 aromatic rings. The van der Waals surface area contributed by atoms with Crippen LogP contribution in [-0.2, 0) is 12.8 Å². The molecule has 1 saturated carbocycles. The van der Waals surface area contributed by atoms with Gasteiger partial charge in [-0.05, 0) is 43.3 Å². The topological polar surface area (TPSA) is 98.9 Å². The second-order valence-corrected chi connectivity index (χ2v) is 10.3. The molecular weight excluding hydrogens is 470 g/mol. The van der Waals surface area contributed by atoms with Gasteiger partial charge in [0.1, 0.15) is 16.9 Å². The molecule has 1 saturated heterocycles. The van der Waals surface area contributed by atoms with Gasteiger partial charge in [-0.3, -0.25) is 4.79 Å². The number of hydrogen-bond donors (Lipinski definition) is 0. The standard InChI is InChI=1S/C27H29N7OS/c1-3-24-30-26(34-13-11-33(2)12-14-34)32-27(31-24)36-25-21(17-28)20(16-22(29-25)19-9-10-19)23(35)15-18-7-5-4-6-8-18/h4-8,16,19H,3,9-15H2,1-2H3. The van der Waals surface area contributed by atoms with E-state index in [9.17, 15) is 10.1 Å². The molecule has 8 nitrogen and oxygen atoms in total. The quantitative estimate of drug-likeness (QED) is 0.427. The molecule has 2 fully saturated rings. The molecule has 2 aromatic heterocycles. The molecule has 0 bridgehead atoms. The minimum absolute atomic E-state index is 0.0769. The SMILES string of the molecule is CCc1nc(Sc2nc(C3CC3)cc(C(=O)Cc3ccccc3)c2C#N)nc(N2CCN(C)CC2)n1. The first-order valence-corrected chi connectivity index (χ1v) is 13.2. The average molecular weight is 500 g/mol. The van der Waals surface area contributed by atoms with E-state index in [0.717, 1.165) is 50.3 Å². The Morgan fingerprint density at radius 1 is 1.08 bits per heavy atom. The molecule has 0 amide bonds. The summed E-state index contributed by atoms with van der Waals surface area (Å²) in [6.07, 6.45) is 3.02. The fraction of sp³-hybridized carbons (Fsp3) is 0.407. The number of pyridine rings is 1. The molecule has 0 atom stereocenters. The number of ketones is 1. The van der Waals surface area contributed by atoms with Gasteiger partial charge in [-0.2, -0.15) is 15.2 Å². The zero-order chi connectivity index (χ0) is 25.1. The molecule has 5 rings (SSSR count). The van der Waals surface area contributed by atoms with Gasteiger partial charge in [0.05, 0.1) is 5.56 Å². The number of rotatable bonds is 8. The van der Waals surface area contributed by atoms with Crippen LogP contribution in [0.4, 0.5) is 5.95 Å². The zero-order valence-corrected chi connectivity index (χ0v) is 21.5. The van der Waals surface area contributed by atoms with E-state index in [1.807, 2.05) is 43.3 Å². The summed E-state index contributed by atoms with van der Waals surface area (Å²) in [5.41, 5.74) is 2.53. The molecule has 0 N–H and O–H groups in total. The lowest BCUT2D eigenvalue weighted by atomic mass is 9.99. The van der Waals surface area contributed by atoms with Crippen LogP contribution < -0.4 is 4.90 Å². The van der Waals surface area contributed by atoms with Crippen LogP contribution in [0.5, 0.6) is 0 Å². The van der Waals surface area contributed by atoms with Crippen LogP contribution in [-0.4, -0.2) is 63.8 Å². The van der Waals surface area contributed by atoms with Gasteiger partial charge in [-0.15, -0.1) is 0 Å². The van der Waals surface area contributed by atoms with Crippen molar-refractivity contribution >= 4 is 23.5 Å². The van der Waals surface area contributed by atoms with Crippen molar-refractivity contribution in [2.24, 2.45) is 0 Å². The summed E-state index contributed by atoms with van der Waals surface area (Å²) in [4.78, 5) is 36.7. The van der Waals surface area contributed by atoms with Crippen molar-refractivity contribution in [3.63, 3.8) is 0 Å². The summed E-state index contributed by atoms with van der Waals surface area (Å²) in [6, 6.07) is 13.7. The number of nitrogens with zero attached hydrogens (tertiary/aromatic N) is 7. The third-order valence-electron chi connectivity index (χ3n) is 6.56. The minimum atomic E-state index is -0.0769. The lowest BCUT2D eigenvalue weighted by molar-refractivity contribution is 0.0992. The van der Waals surface area contributed by atoms with E-state index < -0.39 is 0 Å². The van der Waals surface area contributed by atoms with Crippen LogP contribution in [0.15, 0.2) is 46.6 Å². The largest absolute Gasteiger partial charge is 0.338 e. The lowest BCUT2D eigenvalue weighted by Crippen LogP contribution is -2.45. The Kier molecular flexibility index (Phi) is 7.25. The van der Waals surface area contributed by atoms with Gasteiger partial charge in [0.25, 0.3) is 0 Å². The predicted octanol–water partition coefficient (Wildman–Crippen LogP) is 3.91. The number of piperazine rings is 1. The number of aryl methyl sites for hydroxylation is 1. The number of hydrogen-bond acceptors (Lipinski definition) is 9. The highest BCUT2D eigenvalue weighted by Gasteiger charge is 2.29. The van der Waals surface area contributed by atoms with E-state index in [2.05, 4.69) is 32.9 Å². The van der Waals surface area contributed by atoms with Crippen LogP contribution in [0.3, 0.4) is 0 Å². The Labute approximate surface area is 215 Å². The Balaban J connectivity index is 1.49. The van der Waals surface area contributed by atoms with Gasteiger partial charge in [0.2, 0.25) is 5.95 Å². The van der Waals surface area contributed by atoms with Gasteiger partial charge in [0.15, 0.2) is 10.9 Å². The Bertz CT molecular complexity index is 1300. The van der Waals surface area contributed by atoms with Gasteiger partial charge in [-0.1, -0.05) is 37.3 Å². The molecule has 1 aromatic carbocycles. The number of anilines is 1. The fourth-order valence-corrected chi connectivity index (χ4v) is 5.09. The zero-order valence-electron chi connectivity index (χ0n) is 20.6. The van der Waals surface area contributed by atoms with Crippen molar-refractivity contribution in [3.05, 3.63) is 64.6 Å². The Morgan fingerprint density at radius 2 is 1.83 bits per heavy atom. The predicted molar refractivity (Wildman–Crippen MR) is 138 cm³/mol. The van der Waals surface area contributed by atoms with Crippen LogP contribution in [0.2, 0.25) is 0 Å². The second kappa shape index (κ2) is 10.7. The summed E-state index contributed by atoms with van der Waals surface area (Å²) >= 11 is 1.26. The molecular formula is C27H29N7OS. The molecule has 3 heterocycles. The van der Waals surface area contributed by atoms with Crippen molar-refractivity contribution in [2.45, 2.75) is 48.7 Å². The number of carbonyl (C=O) groups excluding carboxylic acids is 1. The normalized spacial score (nSPS) is 16.1. The Hall–Kier alpha value is -3.35. The first kappa shape index (κ1) is 24.3. The van der Waals surface area contributed by atoms with Crippen molar-refractivity contribution in [3.8, 4) is 6.07 Å². The maximum absolute atomic E-state index is 13.3. The highest BCUT2D eigenvalue weighted by molar-refractivity contribution is 7.99. The highest BCUT2D eigenvalue weighted by atomic mass is 32.2. The Morgan fingerprint density at radius 3 is 2.50 bits per heavy atom. The molecule has 1 aliphatic heterocycles. The van der Waals surface area contributed by atoms with E-state index in [1.165, 1.54) is 11.8 Å². The van der Waals surface area contributed by atoms with E-state index in [-0.39, 0.29) is 12.2 Å². The molecule has 1 aliphatic carbocycles. The molecule has 0 radical (unpaired) electrons. The first-order chi connectivity index (χ1) is 17.5. The van der Waals surface area contributed by atoms with Crippen LogP contribution in [0.25, 0.3) is 0 Å². The van der Waals surface area contributed by atoms with E-state index in [0.29, 0.717) is 45.4 Å². The van der Waals surface area contributed by atoms with Gasteiger partial charge in [-0.25, -0.2) is 9.97 Å². The molecule has 9 heteroatoms. The molecule has 2 aliphatic rings. The summed E-state index contributed by atoms with van der Waals surface area (Å²) in [6.45, 7) is 5.62. The number of likely N-dealkylation sites (N-methyl/N-ethyl adjacent to an activating group) is 1. The molecule has 36 heavy (non-hydrogen) atoms. The molecule has 0 spiro atoms. The van der Waals surface area contributed by atoms with E-state index >= 15 is 0 Å². The number of benzene rings is 1. The lowest BCUT2D eigenvalue weighted by Gasteiger charge is -2.32. The number of nitriles is 1. The van der Waals surface area contributed by atoms with Crippen molar-refractivity contribution in [1.82, 2.24) is 24.8 Å². The van der Waals surface area contributed by atoms with Crippen molar-refractivity contribution in [1.29, 1.82) is 5.26 Å². The number of Topliss-reactive ketones (excluding diaryl/α,β-unsaturated/α-hetero) is 1. The third-order valence-corrected chi connectivity index (χ3v) is 7.42. The maximum Gasteiger partial charge on any atom is 0.229 e. The van der Waals surface area contributed by atoms with Gasteiger partial charge in [0, 0.05) is 56.2 Å². The van der Waals surface area contributed by atoms with Crippen molar-refractivity contribution < 1.29 is 4.79 Å². The van der Waals surface area contributed by atoms with Crippen LogP contribution >= 0.6 is 11.8 Å². The summed E-state index contributed by atoms with van der Waals surface area (Å²) < 4.78 is 0. The summed E-state index contributed by atoms with van der Waals surface area (Å²) in [5, 5.41) is 11.1. The highest BCUT2D eigenvalue weighted by Crippen LogP contribution is 2.41. The fourth-order valence-electron chi connectivity index (χ4n) is 4.23. The summed E-state index contributed by atoms with van der Waals surface area (Å²) in [7, 11) is 2.11. The maximum atomic E-state index is 13.3. The van der Waals surface area contributed by atoms with Crippen LogP contribution in [0.1, 0.15) is 58.7 Å². The van der Waals surface area contributed by atoms with E-state index in [4.69, 9.17) is 9.97 Å². The smallest absolute Gasteiger partial charge is 0.229 e. The summed E-state index contributed by atoms with van der Waals surface area (Å²) in [5.74, 6) is 1.63. The van der Waals surface area contributed by atoms with Crippen molar-refractivity contribution in [2.75, 3.05) is 38.1 Å². The van der Waals surface area contributed by atoms with Crippen LogP contribution in [0, 0.1) is 11.3 Å². The monoisotopic (exact) mass is 499 g/mol. The second-order valence-electron chi connectivity index (χ2n) is 9.33. The number of aromatic nitrogens is 4. The minimum Gasteiger partial charge on any atom is -0.338 e. The van der Waals surface area contributed by atoms with Gasteiger partial charge >= 0.3 is 0 Å². The molecule has 0 unspecified atom stereocenters. The average Bonchev–Trinajstić information content (AvgIpc) is 3.75. The first-order valence-electron chi connectivity index (χ1n) is 12.4.